The Morgan fingerprint density at radius 3 is 3.00 bits per heavy atom. The number of aryl methyl sites for hydroxylation is 1. The van der Waals surface area contributed by atoms with E-state index in [2.05, 4.69) is 15.7 Å². The second-order valence-electron chi connectivity index (χ2n) is 5.86. The fourth-order valence-corrected chi connectivity index (χ4v) is 2.47. The maximum absolute atomic E-state index is 12.1. The Morgan fingerprint density at radius 1 is 1.38 bits per heavy atom. The lowest BCUT2D eigenvalue weighted by Gasteiger charge is -2.14. The summed E-state index contributed by atoms with van der Waals surface area (Å²) in [6.45, 7) is 5.97. The minimum absolute atomic E-state index is 0.0377. The summed E-state index contributed by atoms with van der Waals surface area (Å²) >= 11 is 0. The van der Waals surface area contributed by atoms with Crippen molar-refractivity contribution >= 4 is 5.91 Å². The molecular formula is C17H22N4O3. The van der Waals surface area contributed by atoms with Gasteiger partial charge in [0.15, 0.2) is 11.5 Å². The third-order valence-electron chi connectivity index (χ3n) is 3.85. The molecule has 1 aliphatic heterocycles. The molecule has 0 fully saturated rings. The van der Waals surface area contributed by atoms with Crippen molar-refractivity contribution in [1.29, 1.82) is 0 Å². The van der Waals surface area contributed by atoms with Crippen LogP contribution in [0.4, 0.5) is 0 Å². The van der Waals surface area contributed by atoms with Crippen LogP contribution in [0.1, 0.15) is 18.1 Å². The molecular weight excluding hydrogens is 308 g/mol. The van der Waals surface area contributed by atoms with Gasteiger partial charge >= 0.3 is 0 Å². The van der Waals surface area contributed by atoms with E-state index in [4.69, 9.17) is 9.47 Å². The van der Waals surface area contributed by atoms with Crippen LogP contribution in [-0.2, 0) is 17.9 Å². The van der Waals surface area contributed by atoms with Crippen molar-refractivity contribution in [3.05, 3.63) is 41.7 Å². The molecule has 0 saturated heterocycles. The lowest BCUT2D eigenvalue weighted by molar-refractivity contribution is -0.122. The van der Waals surface area contributed by atoms with Gasteiger partial charge in [0.05, 0.1) is 18.8 Å². The zero-order valence-electron chi connectivity index (χ0n) is 13.9. The number of carbonyl (C=O) groups is 1. The van der Waals surface area contributed by atoms with Crippen molar-refractivity contribution in [2.24, 2.45) is 0 Å². The molecule has 1 aliphatic rings. The SMILES string of the molecule is Cc1cnn(CCN[C@@H](C)C(=O)NCc2ccc3c(c2)OCO3)c1. The standard InChI is InChI=1S/C17H22N4O3/c1-12-8-20-21(10-12)6-5-18-13(2)17(22)19-9-14-3-4-15-16(7-14)24-11-23-15/h3-4,7-8,10,13,18H,5-6,9,11H2,1-2H3,(H,19,22)/t13-/m0/s1. The highest BCUT2D eigenvalue weighted by Gasteiger charge is 2.15. The topological polar surface area (TPSA) is 77.4 Å². The Morgan fingerprint density at radius 2 is 2.21 bits per heavy atom. The molecule has 3 rings (SSSR count). The zero-order valence-corrected chi connectivity index (χ0v) is 13.9. The van der Waals surface area contributed by atoms with E-state index in [0.717, 1.165) is 29.2 Å². The Balaban J connectivity index is 1.41. The zero-order chi connectivity index (χ0) is 16.9. The first-order chi connectivity index (χ1) is 11.6. The van der Waals surface area contributed by atoms with E-state index in [1.54, 1.807) is 0 Å². The van der Waals surface area contributed by atoms with Crippen LogP contribution in [0.15, 0.2) is 30.6 Å². The van der Waals surface area contributed by atoms with Crippen molar-refractivity contribution < 1.29 is 14.3 Å². The molecule has 0 aliphatic carbocycles. The fraction of sp³-hybridized carbons (Fsp3) is 0.412. The van der Waals surface area contributed by atoms with Crippen molar-refractivity contribution in [3.8, 4) is 11.5 Å². The number of ether oxygens (including phenoxy) is 2. The van der Waals surface area contributed by atoms with E-state index in [0.29, 0.717) is 13.1 Å². The Kier molecular flexibility index (Phi) is 5.00. The van der Waals surface area contributed by atoms with Crippen LogP contribution in [0.5, 0.6) is 11.5 Å². The molecule has 7 heteroatoms. The second-order valence-corrected chi connectivity index (χ2v) is 5.86. The minimum atomic E-state index is -0.268. The Bertz CT molecular complexity index is 714. The summed E-state index contributed by atoms with van der Waals surface area (Å²) in [6.07, 6.45) is 3.80. The molecule has 7 nitrogen and oxygen atoms in total. The van der Waals surface area contributed by atoms with Gasteiger partial charge in [-0.3, -0.25) is 9.48 Å². The number of nitrogens with zero attached hydrogens (tertiary/aromatic N) is 2. The molecule has 128 valence electrons. The third kappa shape index (κ3) is 4.05. The first-order valence-electron chi connectivity index (χ1n) is 8.00. The molecule has 1 amide bonds. The van der Waals surface area contributed by atoms with E-state index >= 15 is 0 Å². The van der Waals surface area contributed by atoms with E-state index in [1.165, 1.54) is 0 Å². The Hall–Kier alpha value is -2.54. The van der Waals surface area contributed by atoms with E-state index in [1.807, 2.05) is 49.1 Å². The van der Waals surface area contributed by atoms with Gasteiger partial charge in [-0.25, -0.2) is 0 Å². The van der Waals surface area contributed by atoms with Gasteiger partial charge in [-0.2, -0.15) is 5.10 Å². The van der Waals surface area contributed by atoms with E-state index in [9.17, 15) is 4.79 Å². The molecule has 0 radical (unpaired) electrons. The molecule has 0 spiro atoms. The molecule has 0 saturated carbocycles. The van der Waals surface area contributed by atoms with Gasteiger partial charge in [0.1, 0.15) is 0 Å². The number of nitrogens with one attached hydrogen (secondary N) is 2. The van der Waals surface area contributed by atoms with Crippen molar-refractivity contribution in [2.75, 3.05) is 13.3 Å². The van der Waals surface area contributed by atoms with Gasteiger partial charge in [-0.05, 0) is 37.1 Å². The van der Waals surface area contributed by atoms with E-state index < -0.39 is 0 Å². The largest absolute Gasteiger partial charge is 0.454 e. The van der Waals surface area contributed by atoms with Crippen LogP contribution in [0.2, 0.25) is 0 Å². The maximum Gasteiger partial charge on any atom is 0.237 e. The predicted molar refractivity (Wildman–Crippen MR) is 88.8 cm³/mol. The molecule has 1 atom stereocenters. The van der Waals surface area contributed by atoms with Crippen LogP contribution in [0.3, 0.4) is 0 Å². The molecule has 0 bridgehead atoms. The second kappa shape index (κ2) is 7.35. The average Bonchev–Trinajstić information content (AvgIpc) is 3.20. The van der Waals surface area contributed by atoms with E-state index in [-0.39, 0.29) is 18.7 Å². The van der Waals surface area contributed by atoms with Gasteiger partial charge in [0.2, 0.25) is 12.7 Å². The number of fused-ring (bicyclic) bond motifs is 1. The average molecular weight is 330 g/mol. The molecule has 1 aromatic carbocycles. The van der Waals surface area contributed by atoms with Crippen molar-refractivity contribution in [1.82, 2.24) is 20.4 Å². The van der Waals surface area contributed by atoms with Gasteiger partial charge in [0, 0.05) is 19.3 Å². The molecule has 0 unspecified atom stereocenters. The van der Waals surface area contributed by atoms with Crippen LogP contribution >= 0.6 is 0 Å². The van der Waals surface area contributed by atoms with Crippen LogP contribution in [0, 0.1) is 6.92 Å². The summed E-state index contributed by atoms with van der Waals surface area (Å²) in [7, 11) is 0. The third-order valence-corrected chi connectivity index (χ3v) is 3.85. The number of hydrogen-bond acceptors (Lipinski definition) is 5. The monoisotopic (exact) mass is 330 g/mol. The van der Waals surface area contributed by atoms with Gasteiger partial charge in [-0.15, -0.1) is 0 Å². The van der Waals surface area contributed by atoms with Crippen LogP contribution < -0.4 is 20.1 Å². The molecule has 1 aromatic heterocycles. The maximum atomic E-state index is 12.1. The van der Waals surface area contributed by atoms with Crippen molar-refractivity contribution in [3.63, 3.8) is 0 Å². The highest BCUT2D eigenvalue weighted by Crippen LogP contribution is 2.32. The lowest BCUT2D eigenvalue weighted by atomic mass is 10.2. The van der Waals surface area contributed by atoms with Gasteiger partial charge in [0.25, 0.3) is 0 Å². The number of benzene rings is 1. The first-order valence-corrected chi connectivity index (χ1v) is 8.00. The Labute approximate surface area is 140 Å². The van der Waals surface area contributed by atoms with Crippen molar-refractivity contribution in [2.45, 2.75) is 33.0 Å². The summed E-state index contributed by atoms with van der Waals surface area (Å²) in [5.41, 5.74) is 2.11. The normalized spacial score (nSPS) is 13.8. The summed E-state index contributed by atoms with van der Waals surface area (Å²) in [5, 5.41) is 10.3. The highest BCUT2D eigenvalue weighted by atomic mass is 16.7. The summed E-state index contributed by atoms with van der Waals surface area (Å²) in [6, 6.07) is 5.40. The highest BCUT2D eigenvalue weighted by molar-refractivity contribution is 5.81. The number of rotatable bonds is 7. The van der Waals surface area contributed by atoms with Crippen LogP contribution in [0.25, 0.3) is 0 Å². The van der Waals surface area contributed by atoms with Crippen LogP contribution in [-0.4, -0.2) is 35.1 Å². The predicted octanol–water partition coefficient (Wildman–Crippen LogP) is 1.21. The summed E-state index contributed by atoms with van der Waals surface area (Å²) in [5.74, 6) is 1.43. The molecule has 2 N–H and O–H groups in total. The molecule has 2 heterocycles. The summed E-state index contributed by atoms with van der Waals surface area (Å²) in [4.78, 5) is 12.1. The van der Waals surface area contributed by atoms with Gasteiger partial charge < -0.3 is 20.1 Å². The number of hydrogen-bond donors (Lipinski definition) is 2. The lowest BCUT2D eigenvalue weighted by Crippen LogP contribution is -2.42. The quantitative estimate of drug-likeness (QED) is 0.798. The fourth-order valence-electron chi connectivity index (χ4n) is 2.47. The minimum Gasteiger partial charge on any atom is -0.454 e. The smallest absolute Gasteiger partial charge is 0.237 e. The summed E-state index contributed by atoms with van der Waals surface area (Å²) < 4.78 is 12.5. The van der Waals surface area contributed by atoms with Gasteiger partial charge in [-0.1, -0.05) is 6.07 Å². The number of carbonyl (C=O) groups excluding carboxylic acids is 1. The number of aromatic nitrogens is 2. The first kappa shape index (κ1) is 16.3. The molecule has 2 aromatic rings. The number of amides is 1. The molecule has 24 heavy (non-hydrogen) atoms.